The zero-order chi connectivity index (χ0) is 14.4. The number of nitrogens with zero attached hydrogens (tertiary/aromatic N) is 2. The van der Waals surface area contributed by atoms with Crippen LogP contribution in [0, 0.1) is 0 Å². The van der Waals surface area contributed by atoms with Crippen LogP contribution in [0.1, 0.15) is 18.9 Å². The fraction of sp³-hybridized carbons (Fsp3) is 0.286. The monoisotopic (exact) mass is 290 g/mol. The Balaban J connectivity index is 1.90. The normalized spacial score (nSPS) is 11.7. The van der Waals surface area contributed by atoms with Crippen LogP contribution in [0.5, 0.6) is 5.75 Å². The van der Waals surface area contributed by atoms with E-state index >= 15 is 0 Å². The van der Waals surface area contributed by atoms with Crippen molar-refractivity contribution in [2.45, 2.75) is 26.5 Å². The molecule has 0 unspecified atom stereocenters. The Labute approximate surface area is 122 Å². The summed E-state index contributed by atoms with van der Waals surface area (Å²) < 4.78 is 5.57. The average molecular weight is 290 g/mol. The van der Waals surface area contributed by atoms with Gasteiger partial charge in [0.25, 0.3) is 0 Å². The number of hydrogen-bond acceptors (Lipinski definition) is 4. The smallest absolute Gasteiger partial charge is 0.193 e. The quantitative estimate of drug-likeness (QED) is 0.656. The molecule has 1 aromatic carbocycles. The Morgan fingerprint density at radius 3 is 2.75 bits per heavy atom. The maximum absolute atomic E-state index is 5.83. The van der Waals surface area contributed by atoms with Gasteiger partial charge in [-0.2, -0.15) is 0 Å². The Bertz CT molecular complexity index is 549. The third-order valence-corrected chi connectivity index (χ3v) is 3.13. The fourth-order valence-electron chi connectivity index (χ4n) is 1.56. The number of aromatic nitrogens is 1. The molecule has 0 atom stereocenters. The van der Waals surface area contributed by atoms with E-state index in [1.165, 1.54) is 0 Å². The molecule has 0 spiro atoms. The van der Waals surface area contributed by atoms with E-state index in [9.17, 15) is 0 Å². The zero-order valence-electron chi connectivity index (χ0n) is 11.5. The second kappa shape index (κ2) is 6.91. The van der Waals surface area contributed by atoms with Crippen LogP contribution in [-0.4, -0.2) is 17.0 Å². The summed E-state index contributed by atoms with van der Waals surface area (Å²) in [5.41, 5.74) is 6.70. The number of guanidine groups is 1. The van der Waals surface area contributed by atoms with E-state index in [0.29, 0.717) is 12.5 Å². The molecule has 0 amide bonds. The van der Waals surface area contributed by atoms with Gasteiger partial charge >= 0.3 is 0 Å². The summed E-state index contributed by atoms with van der Waals surface area (Å²) in [5, 5.41) is 5.89. The predicted octanol–water partition coefficient (Wildman–Crippen LogP) is 2.86. The number of anilines is 1. The summed E-state index contributed by atoms with van der Waals surface area (Å²) >= 11 is 1.56. The van der Waals surface area contributed by atoms with Gasteiger partial charge in [-0.25, -0.2) is 9.98 Å². The maximum Gasteiger partial charge on any atom is 0.193 e. The Hall–Kier alpha value is -2.08. The van der Waals surface area contributed by atoms with Crippen LogP contribution >= 0.6 is 11.3 Å². The number of nitrogens with two attached hydrogens (primary N) is 1. The lowest BCUT2D eigenvalue weighted by Gasteiger charge is -2.10. The van der Waals surface area contributed by atoms with E-state index in [-0.39, 0.29) is 6.10 Å². The molecule has 6 heteroatoms. The van der Waals surface area contributed by atoms with E-state index in [1.54, 1.807) is 17.5 Å². The molecule has 0 radical (unpaired) electrons. The molecular formula is C14H18N4OS. The van der Waals surface area contributed by atoms with Crippen LogP contribution in [0.25, 0.3) is 0 Å². The van der Waals surface area contributed by atoms with Gasteiger partial charge in [0.15, 0.2) is 5.96 Å². The van der Waals surface area contributed by atoms with Crippen molar-refractivity contribution >= 4 is 23.0 Å². The van der Waals surface area contributed by atoms with Crippen LogP contribution in [0.2, 0.25) is 0 Å². The number of rotatable bonds is 5. The standard InChI is InChI=1S/C14H18N4OS/c1-10(2)19-12-5-3-11(4-6-12)18-14(15)17-9-13-16-7-8-20-13/h3-8,10H,9H2,1-2H3,(H3,15,17,18). The molecule has 1 aromatic heterocycles. The van der Waals surface area contributed by atoms with Crippen LogP contribution in [-0.2, 0) is 6.54 Å². The number of aliphatic imine (C=N–C) groups is 1. The molecule has 3 N–H and O–H groups in total. The van der Waals surface area contributed by atoms with Crippen molar-refractivity contribution in [3.05, 3.63) is 40.8 Å². The SMILES string of the molecule is CC(C)Oc1ccc(NC(N)=NCc2nccs2)cc1. The molecular weight excluding hydrogens is 272 g/mol. The van der Waals surface area contributed by atoms with E-state index in [2.05, 4.69) is 15.3 Å². The molecule has 1 heterocycles. The first kappa shape index (κ1) is 14.3. The first-order valence-electron chi connectivity index (χ1n) is 6.35. The highest BCUT2D eigenvalue weighted by Crippen LogP contribution is 2.16. The van der Waals surface area contributed by atoms with Crippen LogP contribution in [0.3, 0.4) is 0 Å². The second-order valence-corrected chi connectivity index (χ2v) is 5.42. The third-order valence-electron chi connectivity index (χ3n) is 2.37. The molecule has 0 bridgehead atoms. The molecule has 0 fully saturated rings. The van der Waals surface area contributed by atoms with Crippen molar-refractivity contribution in [3.8, 4) is 5.75 Å². The van der Waals surface area contributed by atoms with Gasteiger partial charge in [-0.15, -0.1) is 11.3 Å². The molecule has 2 aromatic rings. The van der Waals surface area contributed by atoms with E-state index < -0.39 is 0 Å². The molecule has 0 saturated carbocycles. The van der Waals surface area contributed by atoms with Gasteiger partial charge in [0.2, 0.25) is 0 Å². The highest BCUT2D eigenvalue weighted by molar-refractivity contribution is 7.09. The number of hydrogen-bond donors (Lipinski definition) is 2. The molecule has 0 aliphatic heterocycles. The van der Waals surface area contributed by atoms with Crippen molar-refractivity contribution in [2.75, 3.05) is 5.32 Å². The number of thiazole rings is 1. The van der Waals surface area contributed by atoms with Gasteiger partial charge < -0.3 is 15.8 Å². The molecule has 5 nitrogen and oxygen atoms in total. The lowest BCUT2D eigenvalue weighted by Crippen LogP contribution is -2.22. The van der Waals surface area contributed by atoms with E-state index in [4.69, 9.17) is 10.5 Å². The van der Waals surface area contributed by atoms with Crippen molar-refractivity contribution in [1.29, 1.82) is 0 Å². The maximum atomic E-state index is 5.83. The molecule has 20 heavy (non-hydrogen) atoms. The van der Waals surface area contributed by atoms with Gasteiger partial charge in [0.05, 0.1) is 12.6 Å². The Morgan fingerprint density at radius 2 is 2.15 bits per heavy atom. The van der Waals surface area contributed by atoms with Crippen LogP contribution in [0.4, 0.5) is 5.69 Å². The number of ether oxygens (including phenoxy) is 1. The average Bonchev–Trinajstić information content (AvgIpc) is 2.91. The topological polar surface area (TPSA) is 72.5 Å². The van der Waals surface area contributed by atoms with Gasteiger partial charge in [0.1, 0.15) is 10.8 Å². The minimum Gasteiger partial charge on any atom is -0.491 e. The molecule has 0 aliphatic rings. The Kier molecular flexibility index (Phi) is 4.95. The number of nitrogens with one attached hydrogen (secondary N) is 1. The van der Waals surface area contributed by atoms with Gasteiger partial charge in [0, 0.05) is 17.3 Å². The summed E-state index contributed by atoms with van der Waals surface area (Å²) in [6, 6.07) is 7.61. The first-order chi connectivity index (χ1) is 9.63. The largest absolute Gasteiger partial charge is 0.491 e. The summed E-state index contributed by atoms with van der Waals surface area (Å²) in [6.07, 6.45) is 1.92. The summed E-state index contributed by atoms with van der Waals surface area (Å²) in [4.78, 5) is 8.38. The molecule has 0 aliphatic carbocycles. The van der Waals surface area contributed by atoms with Gasteiger partial charge in [-0.05, 0) is 38.1 Å². The second-order valence-electron chi connectivity index (χ2n) is 4.44. The summed E-state index contributed by atoms with van der Waals surface area (Å²) in [6.45, 7) is 4.48. The lowest BCUT2D eigenvalue weighted by molar-refractivity contribution is 0.242. The minimum atomic E-state index is 0.165. The summed E-state index contributed by atoms with van der Waals surface area (Å²) in [5.74, 6) is 1.21. The Morgan fingerprint density at radius 1 is 1.40 bits per heavy atom. The lowest BCUT2D eigenvalue weighted by atomic mass is 10.3. The third kappa shape index (κ3) is 4.55. The van der Waals surface area contributed by atoms with Crippen LogP contribution < -0.4 is 15.8 Å². The highest BCUT2D eigenvalue weighted by Gasteiger charge is 1.99. The fourth-order valence-corrected chi connectivity index (χ4v) is 2.10. The van der Waals surface area contributed by atoms with Crippen molar-refractivity contribution in [3.63, 3.8) is 0 Å². The van der Waals surface area contributed by atoms with Gasteiger partial charge in [-0.1, -0.05) is 0 Å². The van der Waals surface area contributed by atoms with Crippen molar-refractivity contribution in [1.82, 2.24) is 4.98 Å². The van der Waals surface area contributed by atoms with E-state index in [0.717, 1.165) is 16.4 Å². The summed E-state index contributed by atoms with van der Waals surface area (Å²) in [7, 11) is 0. The highest BCUT2D eigenvalue weighted by atomic mass is 32.1. The van der Waals surface area contributed by atoms with E-state index in [1.807, 2.05) is 43.5 Å². The van der Waals surface area contributed by atoms with Crippen molar-refractivity contribution < 1.29 is 4.74 Å². The minimum absolute atomic E-state index is 0.165. The van der Waals surface area contributed by atoms with Gasteiger partial charge in [-0.3, -0.25) is 0 Å². The number of benzene rings is 1. The van der Waals surface area contributed by atoms with Crippen molar-refractivity contribution in [2.24, 2.45) is 10.7 Å². The zero-order valence-corrected chi connectivity index (χ0v) is 12.4. The molecule has 0 saturated heterocycles. The first-order valence-corrected chi connectivity index (χ1v) is 7.23. The molecule has 2 rings (SSSR count). The molecule has 106 valence electrons. The predicted molar refractivity (Wildman–Crippen MR) is 83.3 cm³/mol. The van der Waals surface area contributed by atoms with Crippen LogP contribution in [0.15, 0.2) is 40.8 Å².